The Morgan fingerprint density at radius 3 is 0.646 bits per heavy atom. The van der Waals surface area contributed by atoms with E-state index < -0.39 is 0 Å². The van der Waals surface area contributed by atoms with Crippen LogP contribution in [0, 0.1) is 0 Å². The first kappa shape index (κ1) is 80.0. The molecule has 0 bridgehead atoms. The molecule has 0 unspecified atom stereocenters. The number of hydrogen-bond donors (Lipinski definition) is 0. The van der Waals surface area contributed by atoms with Crippen LogP contribution in [-0.2, 0) is 0 Å². The van der Waals surface area contributed by atoms with Crippen molar-refractivity contribution in [1.82, 2.24) is 0 Å². The van der Waals surface area contributed by atoms with Crippen molar-refractivity contribution in [2.24, 2.45) is 0 Å². The quantitative estimate of drug-likeness (QED) is 0.0286. The number of unbranched alkanes of at least 4 members (excludes halogenated alkanes) is 30. The van der Waals surface area contributed by atoms with Crippen LogP contribution in [0.5, 0.6) is 34.5 Å². The molecule has 5 aromatic rings. The van der Waals surface area contributed by atoms with Crippen LogP contribution < -0.4 is 28.4 Å². The third-order valence-corrected chi connectivity index (χ3v) is 18.1. The van der Waals surface area contributed by atoms with Crippen molar-refractivity contribution in [3.05, 3.63) is 154 Å². The van der Waals surface area contributed by atoms with Crippen LogP contribution >= 0.6 is 0 Å². The van der Waals surface area contributed by atoms with Crippen molar-refractivity contribution in [2.75, 3.05) is 39.6 Å². The molecule has 5 aromatic carbocycles. The van der Waals surface area contributed by atoms with Gasteiger partial charge in [0.15, 0.2) is 0 Å². The van der Waals surface area contributed by atoms with Gasteiger partial charge in [-0.3, -0.25) is 0 Å². The summed E-state index contributed by atoms with van der Waals surface area (Å²) in [6.07, 6.45) is 65.0. The van der Waals surface area contributed by atoms with E-state index in [1.54, 1.807) is 0 Å². The monoisotopic (exact) mass is 1310 g/mol. The largest absolute Gasteiger partial charge is 0.493 e. The minimum absolute atomic E-state index is 0.659. The second kappa shape index (κ2) is 52.5. The lowest BCUT2D eigenvalue weighted by Gasteiger charge is -2.16. The highest BCUT2D eigenvalue weighted by molar-refractivity contribution is 5.82. The second-order valence-electron chi connectivity index (χ2n) is 26.6. The molecule has 96 heavy (non-hydrogen) atoms. The Labute approximate surface area is 586 Å². The van der Waals surface area contributed by atoms with Crippen molar-refractivity contribution in [3.63, 3.8) is 0 Å². The first-order valence-electron chi connectivity index (χ1n) is 38.8. The van der Waals surface area contributed by atoms with E-state index in [2.05, 4.69) is 188 Å². The summed E-state index contributed by atoms with van der Waals surface area (Å²) in [5.74, 6) is 5.18. The Kier molecular flexibility index (Phi) is 43.7. The molecule has 0 aliphatic rings. The number of ether oxygens (including phenoxy) is 6. The minimum atomic E-state index is 0.659. The van der Waals surface area contributed by atoms with E-state index in [4.69, 9.17) is 28.4 Å². The molecule has 0 saturated carbocycles. The fourth-order valence-electron chi connectivity index (χ4n) is 12.0. The van der Waals surface area contributed by atoms with Gasteiger partial charge < -0.3 is 28.4 Å². The maximum atomic E-state index is 6.80. The highest BCUT2D eigenvalue weighted by atomic mass is 16.5. The van der Waals surface area contributed by atoms with Crippen LogP contribution in [-0.4, -0.2) is 39.6 Å². The second-order valence-corrected chi connectivity index (χ2v) is 26.6. The molecule has 0 aliphatic carbocycles. The van der Waals surface area contributed by atoms with Crippen molar-refractivity contribution in [2.45, 2.75) is 273 Å². The Hall–Kier alpha value is -6.66. The molecule has 5 rings (SSSR count). The fraction of sp³-hybridized carbons (Fsp3) is 0.533. The molecule has 0 radical (unpaired) electrons. The van der Waals surface area contributed by atoms with Gasteiger partial charge in [-0.05, 0) is 103 Å². The topological polar surface area (TPSA) is 55.4 Å². The SMILES string of the molecule is C=Cc1cc(OCCCCCCCC)c(/C=C/c2ccc(/C=C/c3cc(OCCCCCCCC)c(/C=C/c4cccc(/C=C/c5cc(OCCCCCCCC)c(C=C)cc5OCCCCCCCC)c4)cc3OCCCCCCCC)cc2)cc1OCCCCCCCC. The molecule has 0 aromatic heterocycles. The molecular formula is C90H130O6. The molecule has 0 atom stereocenters. The van der Waals surface area contributed by atoms with Gasteiger partial charge in [-0.2, -0.15) is 0 Å². The van der Waals surface area contributed by atoms with Crippen molar-refractivity contribution in [3.8, 4) is 34.5 Å². The van der Waals surface area contributed by atoms with Gasteiger partial charge in [-0.1, -0.05) is 351 Å². The zero-order valence-electron chi connectivity index (χ0n) is 61.4. The van der Waals surface area contributed by atoms with E-state index in [-0.39, 0.29) is 0 Å². The van der Waals surface area contributed by atoms with Gasteiger partial charge in [0, 0.05) is 33.4 Å². The third kappa shape index (κ3) is 33.5. The van der Waals surface area contributed by atoms with Gasteiger partial charge in [0.25, 0.3) is 0 Å². The van der Waals surface area contributed by atoms with Gasteiger partial charge in [0.05, 0.1) is 39.6 Å². The molecule has 0 heterocycles. The van der Waals surface area contributed by atoms with Gasteiger partial charge in [0.2, 0.25) is 0 Å². The third-order valence-electron chi connectivity index (χ3n) is 18.1. The highest BCUT2D eigenvalue weighted by Gasteiger charge is 2.15. The zero-order valence-corrected chi connectivity index (χ0v) is 61.4. The van der Waals surface area contributed by atoms with E-state index in [0.717, 1.165) is 141 Å². The summed E-state index contributed by atoms with van der Waals surface area (Å²) in [5.41, 5.74) is 10.4. The highest BCUT2D eigenvalue weighted by Crippen LogP contribution is 2.36. The van der Waals surface area contributed by atoms with Gasteiger partial charge in [-0.25, -0.2) is 0 Å². The molecular weight excluding hydrogens is 1180 g/mol. The predicted molar refractivity (Wildman–Crippen MR) is 421 cm³/mol. The lowest BCUT2D eigenvalue weighted by molar-refractivity contribution is 0.295. The predicted octanol–water partition coefficient (Wildman–Crippen LogP) is 28.1. The first-order valence-corrected chi connectivity index (χ1v) is 38.8. The molecule has 0 saturated heterocycles. The maximum absolute atomic E-state index is 6.80. The van der Waals surface area contributed by atoms with Crippen LogP contribution in [0.4, 0.5) is 0 Å². The van der Waals surface area contributed by atoms with Crippen molar-refractivity contribution < 1.29 is 28.4 Å². The molecule has 526 valence electrons. The lowest BCUT2D eigenvalue weighted by Crippen LogP contribution is -2.03. The summed E-state index contributed by atoms with van der Waals surface area (Å²) in [5, 5.41) is 0. The zero-order chi connectivity index (χ0) is 68.1. The molecule has 0 fully saturated rings. The number of rotatable bonds is 58. The summed E-state index contributed by atoms with van der Waals surface area (Å²) in [7, 11) is 0. The van der Waals surface area contributed by atoms with E-state index >= 15 is 0 Å². The van der Waals surface area contributed by atoms with Crippen molar-refractivity contribution >= 4 is 60.8 Å². The number of hydrogen-bond acceptors (Lipinski definition) is 6. The molecule has 6 nitrogen and oxygen atoms in total. The van der Waals surface area contributed by atoms with Gasteiger partial charge in [-0.15, -0.1) is 0 Å². The summed E-state index contributed by atoms with van der Waals surface area (Å²) < 4.78 is 39.6. The van der Waals surface area contributed by atoms with Crippen molar-refractivity contribution in [1.29, 1.82) is 0 Å². The van der Waals surface area contributed by atoms with Crippen LogP contribution in [0.15, 0.2) is 98.1 Å². The van der Waals surface area contributed by atoms with E-state index in [9.17, 15) is 0 Å². The standard InChI is InChI=1S/C90H130O6/c1-9-17-23-29-35-41-62-91-85-71-81(87(69-79(85)15-7)93-64-43-37-31-25-19-11-3)58-54-75-50-52-76(53-51-75)55-59-82-73-90(96-67-46-40-34-28-22-14-6)84(74-89(82)95-66-45-39-33-27-21-13-5)61-57-78-49-47-48-77(68-78)56-60-83-72-86(92-63-42-36-30-24-18-10-2)80(16-8)70-88(83)94-65-44-38-32-26-20-12-4/h15-16,47-61,68-74H,7-14,17-46,62-67H2,1-6H3/b58-54+,59-55+,60-56+,61-57+. The van der Waals surface area contributed by atoms with Crippen LogP contribution in [0.1, 0.15) is 328 Å². The summed E-state index contributed by atoms with van der Waals surface area (Å²) in [6.45, 7) is 26.0. The summed E-state index contributed by atoms with van der Waals surface area (Å²) in [6, 6.07) is 30.4. The lowest BCUT2D eigenvalue weighted by atomic mass is 10.0. The molecule has 0 aliphatic heterocycles. The van der Waals surface area contributed by atoms with Crippen LogP contribution in [0.3, 0.4) is 0 Å². The maximum Gasteiger partial charge on any atom is 0.127 e. The summed E-state index contributed by atoms with van der Waals surface area (Å²) in [4.78, 5) is 0. The molecule has 6 heteroatoms. The van der Waals surface area contributed by atoms with Gasteiger partial charge >= 0.3 is 0 Å². The van der Waals surface area contributed by atoms with Crippen LogP contribution in [0.25, 0.3) is 60.8 Å². The first-order chi connectivity index (χ1) is 47.4. The fourth-order valence-corrected chi connectivity index (χ4v) is 12.0. The van der Waals surface area contributed by atoms with Crippen LogP contribution in [0.2, 0.25) is 0 Å². The Morgan fingerprint density at radius 2 is 0.417 bits per heavy atom. The Balaban J connectivity index is 1.43. The molecule has 0 amide bonds. The molecule has 0 N–H and O–H groups in total. The average molecular weight is 1310 g/mol. The summed E-state index contributed by atoms with van der Waals surface area (Å²) >= 11 is 0. The van der Waals surface area contributed by atoms with Gasteiger partial charge in [0.1, 0.15) is 34.5 Å². The number of benzene rings is 5. The van der Waals surface area contributed by atoms with E-state index in [1.165, 1.54) is 180 Å². The normalized spacial score (nSPS) is 11.6. The smallest absolute Gasteiger partial charge is 0.127 e. The molecule has 0 spiro atoms. The minimum Gasteiger partial charge on any atom is -0.493 e. The van der Waals surface area contributed by atoms with E-state index in [0.29, 0.717) is 39.6 Å². The Morgan fingerprint density at radius 1 is 0.219 bits per heavy atom. The Bertz CT molecular complexity index is 2980. The van der Waals surface area contributed by atoms with E-state index in [1.807, 2.05) is 12.2 Å². The average Bonchev–Trinajstić information content (AvgIpc) is 1.12.